The van der Waals surface area contributed by atoms with Crippen molar-refractivity contribution in [1.82, 2.24) is 0 Å². The Kier molecular flexibility index (Phi) is 6.97. The molecule has 4 nitrogen and oxygen atoms in total. The molecule has 25 heavy (non-hydrogen) atoms. The molecule has 1 atom stereocenters. The van der Waals surface area contributed by atoms with E-state index in [4.69, 9.17) is 37.4 Å². The summed E-state index contributed by atoms with van der Waals surface area (Å²) in [5, 5.41) is 0.985. The van der Waals surface area contributed by atoms with Crippen molar-refractivity contribution in [3.8, 4) is 17.2 Å². The highest BCUT2D eigenvalue weighted by Crippen LogP contribution is 2.37. The minimum atomic E-state index is 0.0485. The summed E-state index contributed by atoms with van der Waals surface area (Å²) in [5.41, 5.74) is 1.51. The molecule has 0 aliphatic heterocycles. The van der Waals surface area contributed by atoms with E-state index < -0.39 is 0 Å². The molecule has 0 saturated heterocycles. The van der Waals surface area contributed by atoms with Crippen molar-refractivity contribution < 1.29 is 14.2 Å². The topological polar surface area (TPSA) is 40.0 Å². The summed E-state index contributed by atoms with van der Waals surface area (Å²) in [6.07, 6.45) is 2.62. The number of ether oxygens (including phenoxy) is 3. The van der Waals surface area contributed by atoms with Gasteiger partial charge in [0.1, 0.15) is 5.75 Å². The number of methoxy groups -OCH3 is 2. The zero-order valence-corrected chi connectivity index (χ0v) is 16.2. The Labute approximate surface area is 158 Å². The van der Waals surface area contributed by atoms with Crippen LogP contribution in [0.5, 0.6) is 17.2 Å². The molecule has 134 valence electrons. The molecular formula is C19H21Cl2NO3. The summed E-state index contributed by atoms with van der Waals surface area (Å²) in [5.74, 6) is 1.72. The minimum Gasteiger partial charge on any atom is -0.495 e. The summed E-state index contributed by atoms with van der Waals surface area (Å²) in [6, 6.07) is 8.94. The predicted molar refractivity (Wildman–Crippen MR) is 104 cm³/mol. The molecule has 2 aromatic carbocycles. The fourth-order valence-corrected chi connectivity index (χ4v) is 2.61. The van der Waals surface area contributed by atoms with Gasteiger partial charge in [-0.05, 0) is 49.2 Å². The highest BCUT2D eigenvalue weighted by atomic mass is 35.5. The lowest BCUT2D eigenvalue weighted by Crippen LogP contribution is -2.11. The lowest BCUT2D eigenvalue weighted by molar-refractivity contribution is 0.208. The van der Waals surface area contributed by atoms with Crippen molar-refractivity contribution in [3.63, 3.8) is 0 Å². The molecule has 2 rings (SSSR count). The monoisotopic (exact) mass is 381 g/mol. The summed E-state index contributed by atoms with van der Waals surface area (Å²) in [6.45, 7) is 4.03. The van der Waals surface area contributed by atoms with Gasteiger partial charge in [0.25, 0.3) is 0 Å². The first-order chi connectivity index (χ1) is 12.0. The first-order valence-electron chi connectivity index (χ1n) is 7.90. The Morgan fingerprint density at radius 2 is 1.76 bits per heavy atom. The molecule has 0 heterocycles. The smallest absolute Gasteiger partial charge is 0.180 e. The van der Waals surface area contributed by atoms with Crippen LogP contribution in [0.2, 0.25) is 10.0 Å². The number of benzene rings is 2. The Morgan fingerprint density at radius 3 is 2.36 bits per heavy atom. The van der Waals surface area contributed by atoms with Gasteiger partial charge in [0, 0.05) is 6.21 Å². The Balaban J connectivity index is 2.28. The van der Waals surface area contributed by atoms with E-state index in [9.17, 15) is 0 Å². The van der Waals surface area contributed by atoms with Crippen LogP contribution in [0, 0.1) is 0 Å². The zero-order valence-electron chi connectivity index (χ0n) is 14.7. The number of hydrogen-bond donors (Lipinski definition) is 0. The molecule has 0 aliphatic rings. The van der Waals surface area contributed by atoms with Crippen molar-refractivity contribution >= 4 is 35.1 Å². The quantitative estimate of drug-likeness (QED) is 0.557. The SMILES string of the molecule is CC[C@@H](C)Oc1c(Cl)cc(C=Nc2ccc(OC)c(Cl)c2)cc1OC. The van der Waals surface area contributed by atoms with Gasteiger partial charge >= 0.3 is 0 Å². The van der Waals surface area contributed by atoms with Gasteiger partial charge in [-0.3, -0.25) is 4.99 Å². The van der Waals surface area contributed by atoms with E-state index in [1.54, 1.807) is 38.6 Å². The maximum Gasteiger partial charge on any atom is 0.180 e. The van der Waals surface area contributed by atoms with Gasteiger partial charge in [0.05, 0.1) is 36.1 Å². The molecule has 0 spiro atoms. The second-order valence-corrected chi connectivity index (χ2v) is 6.26. The molecule has 6 heteroatoms. The fraction of sp³-hybridized carbons (Fsp3) is 0.316. The third-order valence-electron chi connectivity index (χ3n) is 3.64. The number of aliphatic imine (C=N–C) groups is 1. The van der Waals surface area contributed by atoms with Gasteiger partial charge in [0.15, 0.2) is 11.5 Å². The Bertz CT molecular complexity index is 763. The molecule has 0 amide bonds. The largest absolute Gasteiger partial charge is 0.495 e. The van der Waals surface area contributed by atoms with Crippen molar-refractivity contribution in [2.24, 2.45) is 4.99 Å². The highest BCUT2D eigenvalue weighted by molar-refractivity contribution is 6.33. The lowest BCUT2D eigenvalue weighted by atomic mass is 10.2. The summed E-state index contributed by atoms with van der Waals surface area (Å²) >= 11 is 12.5. The van der Waals surface area contributed by atoms with Crippen LogP contribution in [0.1, 0.15) is 25.8 Å². The molecule has 0 N–H and O–H groups in total. The molecule has 0 bridgehead atoms. The number of rotatable bonds is 7. The standard InChI is InChI=1S/C19H21Cl2NO3/c1-5-12(2)25-19-16(21)8-13(9-18(19)24-4)11-22-14-6-7-17(23-3)15(20)10-14/h6-12H,5H2,1-4H3/t12-/m1/s1. The minimum absolute atomic E-state index is 0.0485. The molecule has 0 saturated carbocycles. The van der Waals surface area contributed by atoms with E-state index in [2.05, 4.69) is 4.99 Å². The number of nitrogens with zero attached hydrogens (tertiary/aromatic N) is 1. The van der Waals surface area contributed by atoms with Crippen LogP contribution in [0.3, 0.4) is 0 Å². The Hall–Kier alpha value is -1.91. The number of halogens is 2. The van der Waals surface area contributed by atoms with Gasteiger partial charge in [-0.25, -0.2) is 0 Å². The molecule has 0 fully saturated rings. The van der Waals surface area contributed by atoms with Crippen LogP contribution in [-0.2, 0) is 0 Å². The van der Waals surface area contributed by atoms with Gasteiger partial charge in [-0.1, -0.05) is 30.1 Å². The normalized spacial score (nSPS) is 12.2. The van der Waals surface area contributed by atoms with Gasteiger partial charge < -0.3 is 14.2 Å². The van der Waals surface area contributed by atoms with Crippen molar-refractivity contribution in [3.05, 3.63) is 45.9 Å². The maximum absolute atomic E-state index is 6.36. The summed E-state index contributed by atoms with van der Waals surface area (Å²) < 4.78 is 16.4. The molecule has 2 aromatic rings. The van der Waals surface area contributed by atoms with Crippen LogP contribution >= 0.6 is 23.2 Å². The van der Waals surface area contributed by atoms with Gasteiger partial charge in [-0.15, -0.1) is 0 Å². The predicted octanol–water partition coefficient (Wildman–Crippen LogP) is 5.94. The van der Waals surface area contributed by atoms with E-state index in [-0.39, 0.29) is 6.10 Å². The van der Waals surface area contributed by atoms with Crippen molar-refractivity contribution in [2.45, 2.75) is 26.4 Å². The van der Waals surface area contributed by atoms with Crippen LogP contribution in [-0.4, -0.2) is 26.5 Å². The first-order valence-corrected chi connectivity index (χ1v) is 8.65. The van der Waals surface area contributed by atoms with Crippen molar-refractivity contribution in [1.29, 1.82) is 0 Å². The second-order valence-electron chi connectivity index (χ2n) is 5.45. The van der Waals surface area contributed by atoms with Crippen LogP contribution in [0.25, 0.3) is 0 Å². The third kappa shape index (κ3) is 5.03. The van der Waals surface area contributed by atoms with Crippen LogP contribution < -0.4 is 14.2 Å². The van der Waals surface area contributed by atoms with E-state index >= 15 is 0 Å². The average Bonchev–Trinajstić information content (AvgIpc) is 2.61. The molecular weight excluding hydrogens is 361 g/mol. The second kappa shape index (κ2) is 8.97. The lowest BCUT2D eigenvalue weighted by Gasteiger charge is -2.17. The van der Waals surface area contributed by atoms with E-state index in [1.807, 2.05) is 26.0 Å². The zero-order chi connectivity index (χ0) is 18.4. The van der Waals surface area contributed by atoms with E-state index in [0.29, 0.717) is 33.0 Å². The maximum atomic E-state index is 6.36. The van der Waals surface area contributed by atoms with Gasteiger partial charge in [0.2, 0.25) is 0 Å². The van der Waals surface area contributed by atoms with Crippen LogP contribution in [0.4, 0.5) is 5.69 Å². The molecule has 0 aliphatic carbocycles. The molecule has 0 unspecified atom stereocenters. The fourth-order valence-electron chi connectivity index (χ4n) is 2.10. The van der Waals surface area contributed by atoms with E-state index in [1.165, 1.54) is 0 Å². The number of hydrogen-bond acceptors (Lipinski definition) is 4. The van der Waals surface area contributed by atoms with Crippen LogP contribution in [0.15, 0.2) is 35.3 Å². The molecule has 0 radical (unpaired) electrons. The molecule has 0 aromatic heterocycles. The highest BCUT2D eigenvalue weighted by Gasteiger charge is 2.14. The average molecular weight is 382 g/mol. The van der Waals surface area contributed by atoms with E-state index in [0.717, 1.165) is 12.0 Å². The first kappa shape index (κ1) is 19.4. The third-order valence-corrected chi connectivity index (χ3v) is 4.22. The Morgan fingerprint density at radius 1 is 1.04 bits per heavy atom. The summed E-state index contributed by atoms with van der Waals surface area (Å²) in [7, 11) is 3.15. The summed E-state index contributed by atoms with van der Waals surface area (Å²) in [4.78, 5) is 4.42. The van der Waals surface area contributed by atoms with Crippen molar-refractivity contribution in [2.75, 3.05) is 14.2 Å². The van der Waals surface area contributed by atoms with Gasteiger partial charge in [-0.2, -0.15) is 0 Å².